The Morgan fingerprint density at radius 3 is 2.40 bits per heavy atom. The van der Waals surface area contributed by atoms with Gasteiger partial charge in [-0.25, -0.2) is 5.01 Å². The molecule has 5 heteroatoms. The second-order valence-electron chi connectivity index (χ2n) is 6.26. The fourth-order valence-corrected chi connectivity index (χ4v) is 3.13. The molecule has 0 unspecified atom stereocenters. The van der Waals surface area contributed by atoms with Crippen LogP contribution in [-0.2, 0) is 16.9 Å². The molecule has 0 aliphatic carbocycles. The number of hydrogen-bond acceptors (Lipinski definition) is 3. The van der Waals surface area contributed by atoms with Crippen molar-refractivity contribution < 1.29 is 9.90 Å². The summed E-state index contributed by atoms with van der Waals surface area (Å²) in [6.45, 7) is 3.99. The Hall–Kier alpha value is -2.11. The molecule has 2 N–H and O–H groups in total. The van der Waals surface area contributed by atoms with E-state index >= 15 is 0 Å². The average molecular weight is 401 g/mol. The Bertz CT molecular complexity index is 799. The molecule has 1 heterocycles. The molecule has 0 fully saturated rings. The number of amides is 1. The lowest BCUT2D eigenvalue weighted by Crippen LogP contribution is -2.51. The molecule has 0 spiro atoms. The van der Waals surface area contributed by atoms with Crippen molar-refractivity contribution >= 4 is 21.8 Å². The first-order chi connectivity index (χ1) is 11.9. The summed E-state index contributed by atoms with van der Waals surface area (Å²) in [4.78, 5) is 12.9. The number of nitrogens with one attached hydrogen (secondary N) is 1. The van der Waals surface area contributed by atoms with Crippen LogP contribution in [0.3, 0.4) is 0 Å². The van der Waals surface area contributed by atoms with E-state index in [1.807, 2.05) is 62.4 Å². The van der Waals surface area contributed by atoms with Gasteiger partial charge < -0.3 is 5.11 Å². The molecule has 1 atom stereocenters. The summed E-state index contributed by atoms with van der Waals surface area (Å²) in [5, 5.41) is 12.6. The highest BCUT2D eigenvalue weighted by molar-refractivity contribution is 9.10. The van der Waals surface area contributed by atoms with E-state index in [4.69, 9.17) is 0 Å². The summed E-state index contributed by atoms with van der Waals surface area (Å²) in [5.74, 6) is -0.186. The third-order valence-electron chi connectivity index (χ3n) is 4.35. The van der Waals surface area contributed by atoms with Crippen molar-refractivity contribution in [3.8, 4) is 0 Å². The Labute approximate surface area is 156 Å². The fourth-order valence-electron chi connectivity index (χ4n) is 2.87. The second-order valence-corrected chi connectivity index (χ2v) is 7.18. The normalized spacial score (nSPS) is 19.5. The lowest BCUT2D eigenvalue weighted by atomic mass is 10.0. The summed E-state index contributed by atoms with van der Waals surface area (Å²) in [6.07, 6.45) is 2.63. The molecule has 0 aromatic heterocycles. The maximum Gasteiger partial charge on any atom is 0.248 e. The highest BCUT2D eigenvalue weighted by atomic mass is 79.9. The van der Waals surface area contributed by atoms with Crippen LogP contribution in [0.2, 0.25) is 0 Å². The molecule has 4 nitrogen and oxygen atoms in total. The molecule has 130 valence electrons. The van der Waals surface area contributed by atoms with E-state index in [1.54, 1.807) is 6.08 Å². The molecular formula is C20H21BrN2O2. The zero-order valence-corrected chi connectivity index (χ0v) is 15.9. The van der Waals surface area contributed by atoms with Gasteiger partial charge >= 0.3 is 0 Å². The molecule has 1 aliphatic heterocycles. The van der Waals surface area contributed by atoms with Crippen molar-refractivity contribution in [2.45, 2.75) is 32.4 Å². The van der Waals surface area contributed by atoms with Crippen molar-refractivity contribution in [3.63, 3.8) is 0 Å². The smallest absolute Gasteiger partial charge is 0.248 e. The zero-order chi connectivity index (χ0) is 18.0. The highest BCUT2D eigenvalue weighted by Crippen LogP contribution is 2.33. The van der Waals surface area contributed by atoms with Gasteiger partial charge in [-0.05, 0) is 37.1 Å². The highest BCUT2D eigenvalue weighted by Gasteiger charge is 2.42. The molecule has 25 heavy (non-hydrogen) atoms. The summed E-state index contributed by atoms with van der Waals surface area (Å²) < 4.78 is 0.919. The number of aliphatic hydroxyl groups is 1. The van der Waals surface area contributed by atoms with Gasteiger partial charge in [-0.3, -0.25) is 10.2 Å². The summed E-state index contributed by atoms with van der Waals surface area (Å²) in [6, 6.07) is 15.2. The Balaban J connectivity index is 1.89. The van der Waals surface area contributed by atoms with Gasteiger partial charge in [-0.15, -0.1) is 0 Å². The molecule has 1 amide bonds. The first kappa shape index (κ1) is 17.7. The van der Waals surface area contributed by atoms with E-state index in [0.717, 1.165) is 21.3 Å². The van der Waals surface area contributed by atoms with Gasteiger partial charge in [-0.1, -0.05) is 64.8 Å². The van der Waals surface area contributed by atoms with Crippen LogP contribution < -0.4 is 5.43 Å². The van der Waals surface area contributed by atoms with E-state index in [-0.39, 0.29) is 12.3 Å². The molecule has 2 aromatic rings. The van der Waals surface area contributed by atoms with Crippen LogP contribution in [0.5, 0.6) is 0 Å². The number of nitrogens with zero attached hydrogens (tertiary/aromatic N) is 1. The van der Waals surface area contributed by atoms with Crippen LogP contribution in [-0.4, -0.2) is 16.0 Å². The number of aryl methyl sites for hydroxylation is 1. The van der Waals surface area contributed by atoms with Crippen LogP contribution >= 0.6 is 15.9 Å². The van der Waals surface area contributed by atoms with Gasteiger partial charge in [-0.2, -0.15) is 0 Å². The van der Waals surface area contributed by atoms with Gasteiger partial charge in [0.15, 0.2) is 0 Å². The minimum Gasteiger partial charge on any atom is -0.362 e. The lowest BCUT2D eigenvalue weighted by molar-refractivity contribution is -0.155. The minimum atomic E-state index is -1.49. The standard InChI is InChI=1S/C20H21BrN2O2/c1-3-18-13-20(25,16-8-10-17(21)11-9-16)23(22-18)19(24)12-15-6-4-14(2)5-7-15/h4-11,13,22,25H,3,12H2,1-2H3/t20-/m1/s1. The van der Waals surface area contributed by atoms with Crippen molar-refractivity contribution in [3.05, 3.63) is 81.5 Å². The van der Waals surface area contributed by atoms with Crippen molar-refractivity contribution in [2.75, 3.05) is 0 Å². The number of allylic oxidation sites excluding steroid dienone is 1. The summed E-state index contributed by atoms with van der Waals surface area (Å²) >= 11 is 3.40. The Morgan fingerprint density at radius 2 is 1.80 bits per heavy atom. The molecule has 0 bridgehead atoms. The number of halogens is 1. The Kier molecular flexibility index (Phi) is 4.97. The Morgan fingerprint density at radius 1 is 1.16 bits per heavy atom. The van der Waals surface area contributed by atoms with E-state index in [9.17, 15) is 9.90 Å². The predicted octanol–water partition coefficient (Wildman–Crippen LogP) is 3.79. The number of rotatable bonds is 4. The average Bonchev–Trinajstić information content (AvgIpc) is 2.96. The number of carbonyl (C=O) groups is 1. The zero-order valence-electron chi connectivity index (χ0n) is 14.3. The topological polar surface area (TPSA) is 52.6 Å². The van der Waals surface area contributed by atoms with Crippen molar-refractivity contribution in [1.29, 1.82) is 0 Å². The predicted molar refractivity (Wildman–Crippen MR) is 101 cm³/mol. The maximum absolute atomic E-state index is 12.9. The molecule has 0 radical (unpaired) electrons. The molecule has 2 aromatic carbocycles. The minimum absolute atomic E-state index is 0.186. The lowest BCUT2D eigenvalue weighted by Gasteiger charge is -2.33. The van der Waals surface area contributed by atoms with E-state index in [1.165, 1.54) is 5.01 Å². The third kappa shape index (κ3) is 3.62. The second kappa shape index (κ2) is 7.02. The third-order valence-corrected chi connectivity index (χ3v) is 4.88. The summed E-state index contributed by atoms with van der Waals surface area (Å²) in [5.41, 5.74) is 5.10. The molecule has 1 aliphatic rings. The van der Waals surface area contributed by atoms with Crippen LogP contribution in [0.15, 0.2) is 64.8 Å². The SMILES string of the molecule is CCC1=C[C@@](O)(c2ccc(Br)cc2)N(C(=O)Cc2ccc(C)cc2)N1. The van der Waals surface area contributed by atoms with Crippen LogP contribution in [0.25, 0.3) is 0 Å². The molecule has 0 saturated carbocycles. The number of hydrogen-bond donors (Lipinski definition) is 2. The van der Waals surface area contributed by atoms with Crippen LogP contribution in [0, 0.1) is 6.92 Å². The van der Waals surface area contributed by atoms with E-state index < -0.39 is 5.72 Å². The molecule has 3 rings (SSSR count). The summed E-state index contributed by atoms with van der Waals surface area (Å²) in [7, 11) is 0. The van der Waals surface area contributed by atoms with Crippen LogP contribution in [0.4, 0.5) is 0 Å². The monoisotopic (exact) mass is 400 g/mol. The first-order valence-electron chi connectivity index (χ1n) is 8.28. The van der Waals surface area contributed by atoms with Crippen molar-refractivity contribution in [2.24, 2.45) is 0 Å². The number of hydrazine groups is 1. The first-order valence-corrected chi connectivity index (χ1v) is 9.07. The fraction of sp³-hybridized carbons (Fsp3) is 0.250. The van der Waals surface area contributed by atoms with Gasteiger partial charge in [0, 0.05) is 15.7 Å². The quantitative estimate of drug-likeness (QED) is 0.820. The number of benzene rings is 2. The van der Waals surface area contributed by atoms with Crippen LogP contribution in [0.1, 0.15) is 30.0 Å². The van der Waals surface area contributed by atoms with E-state index in [2.05, 4.69) is 21.4 Å². The molecular weight excluding hydrogens is 380 g/mol. The van der Waals surface area contributed by atoms with Gasteiger partial charge in [0.25, 0.3) is 0 Å². The van der Waals surface area contributed by atoms with Gasteiger partial charge in [0.05, 0.1) is 6.42 Å². The van der Waals surface area contributed by atoms with Gasteiger partial charge in [0.2, 0.25) is 11.6 Å². The van der Waals surface area contributed by atoms with E-state index in [0.29, 0.717) is 12.0 Å². The largest absolute Gasteiger partial charge is 0.362 e. The molecule has 0 saturated heterocycles. The number of carbonyl (C=O) groups excluding carboxylic acids is 1. The van der Waals surface area contributed by atoms with Crippen molar-refractivity contribution in [1.82, 2.24) is 10.4 Å². The maximum atomic E-state index is 12.9. The van der Waals surface area contributed by atoms with Gasteiger partial charge in [0.1, 0.15) is 0 Å².